The summed E-state index contributed by atoms with van der Waals surface area (Å²) in [5.74, 6) is -1.16. The molecule has 6 nitrogen and oxygen atoms in total. The fourth-order valence-corrected chi connectivity index (χ4v) is 3.92. The largest absolute Gasteiger partial charge is 0.391 e. The van der Waals surface area contributed by atoms with Gasteiger partial charge in [0.25, 0.3) is 11.8 Å². The van der Waals surface area contributed by atoms with Gasteiger partial charge in [0.2, 0.25) is 0 Å². The summed E-state index contributed by atoms with van der Waals surface area (Å²) >= 11 is 0. The molecule has 0 spiro atoms. The van der Waals surface area contributed by atoms with Crippen molar-refractivity contribution in [3.8, 4) is 22.3 Å². The number of nitrogens with one attached hydrogen (secondary N) is 1. The maximum Gasteiger partial charge on any atom is 0.268 e. The molecule has 6 heteroatoms. The number of hydroxylamine groups is 1. The highest BCUT2D eigenvalue weighted by Crippen LogP contribution is 2.31. The standard InChI is InChI=1S/C24H22N2O4/c1-15(27)22(23(28)25-30)26-14-20-13-19(11-12-21(20)24(26)29)18-9-7-17(8-10-18)16-5-3-2-4-6-16/h2-13,15,22,27,30H,14H2,1H3,(H,25,28)/t15-,22+/m1/s1. The Morgan fingerprint density at radius 2 is 1.50 bits per heavy atom. The molecule has 0 radical (unpaired) electrons. The number of aliphatic hydroxyl groups is 1. The van der Waals surface area contributed by atoms with Crippen LogP contribution in [0.2, 0.25) is 0 Å². The summed E-state index contributed by atoms with van der Waals surface area (Å²) in [6.07, 6.45) is -1.12. The van der Waals surface area contributed by atoms with Gasteiger partial charge in [0.05, 0.1) is 6.10 Å². The molecule has 30 heavy (non-hydrogen) atoms. The first-order chi connectivity index (χ1) is 14.5. The average molecular weight is 402 g/mol. The van der Waals surface area contributed by atoms with Crippen molar-refractivity contribution in [1.29, 1.82) is 0 Å². The number of hydrogen-bond acceptors (Lipinski definition) is 4. The van der Waals surface area contributed by atoms with E-state index in [4.69, 9.17) is 5.21 Å². The Morgan fingerprint density at radius 3 is 2.10 bits per heavy atom. The van der Waals surface area contributed by atoms with E-state index in [1.165, 1.54) is 17.3 Å². The van der Waals surface area contributed by atoms with Gasteiger partial charge in [-0.1, -0.05) is 60.7 Å². The zero-order chi connectivity index (χ0) is 21.3. The van der Waals surface area contributed by atoms with E-state index in [9.17, 15) is 14.7 Å². The first-order valence-electron chi connectivity index (χ1n) is 9.71. The van der Waals surface area contributed by atoms with Crippen LogP contribution in [-0.2, 0) is 11.3 Å². The highest BCUT2D eigenvalue weighted by atomic mass is 16.5. The molecule has 2 amide bonds. The van der Waals surface area contributed by atoms with Crippen molar-refractivity contribution >= 4 is 11.8 Å². The lowest BCUT2D eigenvalue weighted by Crippen LogP contribution is -2.52. The number of nitrogens with zero attached hydrogens (tertiary/aromatic N) is 1. The molecule has 4 rings (SSSR count). The zero-order valence-electron chi connectivity index (χ0n) is 16.4. The molecule has 3 aromatic rings. The number of aliphatic hydroxyl groups excluding tert-OH is 1. The van der Waals surface area contributed by atoms with E-state index in [0.717, 1.165) is 27.8 Å². The minimum absolute atomic E-state index is 0.188. The number of hydrogen-bond donors (Lipinski definition) is 3. The van der Waals surface area contributed by atoms with Crippen molar-refractivity contribution in [2.24, 2.45) is 0 Å². The fourth-order valence-electron chi connectivity index (χ4n) is 3.92. The second kappa shape index (κ2) is 8.10. The summed E-state index contributed by atoms with van der Waals surface area (Å²) in [5, 5.41) is 18.9. The van der Waals surface area contributed by atoms with E-state index in [2.05, 4.69) is 24.3 Å². The summed E-state index contributed by atoms with van der Waals surface area (Å²) in [5.41, 5.74) is 7.05. The van der Waals surface area contributed by atoms with Gasteiger partial charge in [-0.25, -0.2) is 5.48 Å². The van der Waals surface area contributed by atoms with E-state index in [-0.39, 0.29) is 12.5 Å². The molecular formula is C24H22N2O4. The number of benzene rings is 3. The Bertz CT molecular complexity index is 1080. The van der Waals surface area contributed by atoms with Gasteiger partial charge in [-0.3, -0.25) is 14.8 Å². The Kier molecular flexibility index (Phi) is 5.35. The maximum atomic E-state index is 12.8. The number of fused-ring (bicyclic) bond motifs is 1. The van der Waals surface area contributed by atoms with Crippen LogP contribution in [0.3, 0.4) is 0 Å². The lowest BCUT2D eigenvalue weighted by Gasteiger charge is -2.27. The van der Waals surface area contributed by atoms with E-state index >= 15 is 0 Å². The highest BCUT2D eigenvalue weighted by Gasteiger charge is 2.39. The van der Waals surface area contributed by atoms with Crippen LogP contribution in [0.5, 0.6) is 0 Å². The van der Waals surface area contributed by atoms with Gasteiger partial charge in [-0.15, -0.1) is 0 Å². The number of carbonyl (C=O) groups excluding carboxylic acids is 2. The lowest BCUT2D eigenvalue weighted by atomic mass is 9.98. The molecule has 1 aliphatic rings. The van der Waals surface area contributed by atoms with Crippen LogP contribution < -0.4 is 5.48 Å². The summed E-state index contributed by atoms with van der Waals surface area (Å²) in [6.45, 7) is 1.60. The first kappa shape index (κ1) is 19.8. The van der Waals surface area contributed by atoms with Crippen molar-refractivity contribution in [1.82, 2.24) is 10.4 Å². The molecule has 152 valence electrons. The molecule has 3 N–H and O–H groups in total. The Morgan fingerprint density at radius 1 is 0.933 bits per heavy atom. The zero-order valence-corrected chi connectivity index (χ0v) is 16.4. The number of rotatable bonds is 5. The third-order valence-electron chi connectivity index (χ3n) is 5.43. The smallest absolute Gasteiger partial charge is 0.268 e. The van der Waals surface area contributed by atoms with Crippen molar-refractivity contribution in [2.75, 3.05) is 0 Å². The lowest BCUT2D eigenvalue weighted by molar-refractivity contribution is -0.137. The fraction of sp³-hybridized carbons (Fsp3) is 0.167. The molecule has 0 fully saturated rings. The third kappa shape index (κ3) is 3.58. The van der Waals surface area contributed by atoms with Crippen LogP contribution >= 0.6 is 0 Å². The quantitative estimate of drug-likeness (QED) is 0.452. The van der Waals surface area contributed by atoms with Crippen LogP contribution in [0.1, 0.15) is 22.8 Å². The second-order valence-corrected chi connectivity index (χ2v) is 7.41. The van der Waals surface area contributed by atoms with Gasteiger partial charge in [0.15, 0.2) is 0 Å². The van der Waals surface area contributed by atoms with E-state index in [1.807, 2.05) is 42.5 Å². The minimum atomic E-state index is -1.16. The van der Waals surface area contributed by atoms with Crippen molar-refractivity contribution < 1.29 is 19.9 Å². The van der Waals surface area contributed by atoms with Gasteiger partial charge < -0.3 is 10.0 Å². The van der Waals surface area contributed by atoms with Crippen molar-refractivity contribution in [2.45, 2.75) is 25.6 Å². The molecular weight excluding hydrogens is 380 g/mol. The first-order valence-corrected chi connectivity index (χ1v) is 9.71. The molecule has 1 aliphatic heterocycles. The van der Waals surface area contributed by atoms with Gasteiger partial charge in [-0.2, -0.15) is 0 Å². The molecule has 0 saturated carbocycles. The van der Waals surface area contributed by atoms with E-state index in [1.54, 1.807) is 6.07 Å². The van der Waals surface area contributed by atoms with E-state index in [0.29, 0.717) is 5.56 Å². The molecule has 0 saturated heterocycles. The second-order valence-electron chi connectivity index (χ2n) is 7.41. The normalized spacial score (nSPS) is 14.9. The Balaban J connectivity index is 1.61. The number of carbonyl (C=O) groups is 2. The highest BCUT2D eigenvalue weighted by molar-refractivity contribution is 6.01. The minimum Gasteiger partial charge on any atom is -0.391 e. The summed E-state index contributed by atoms with van der Waals surface area (Å²) < 4.78 is 0. The molecule has 0 bridgehead atoms. The molecule has 3 aromatic carbocycles. The van der Waals surface area contributed by atoms with Gasteiger partial charge in [0, 0.05) is 12.1 Å². The van der Waals surface area contributed by atoms with Crippen molar-refractivity contribution in [3.05, 3.63) is 83.9 Å². The monoisotopic (exact) mass is 402 g/mol. The topological polar surface area (TPSA) is 89.9 Å². The van der Waals surface area contributed by atoms with Crippen LogP contribution in [-0.4, -0.2) is 39.2 Å². The molecule has 1 heterocycles. The SMILES string of the molecule is C[C@@H](O)[C@@H](C(=O)NO)N1Cc2cc(-c3ccc(-c4ccccc4)cc3)ccc2C1=O. The molecule has 2 atom stereocenters. The summed E-state index contributed by atoms with van der Waals surface area (Å²) in [6, 6.07) is 22.7. The van der Waals surface area contributed by atoms with Gasteiger partial charge in [0.1, 0.15) is 6.04 Å². The van der Waals surface area contributed by atoms with Crippen LogP contribution in [0.25, 0.3) is 22.3 Å². The van der Waals surface area contributed by atoms with Crippen LogP contribution in [0, 0.1) is 0 Å². The molecule has 0 unspecified atom stereocenters. The third-order valence-corrected chi connectivity index (χ3v) is 5.43. The Hall–Kier alpha value is -3.48. The predicted octanol–water partition coefficient (Wildman–Crippen LogP) is 3.23. The van der Waals surface area contributed by atoms with Gasteiger partial charge >= 0.3 is 0 Å². The summed E-state index contributed by atoms with van der Waals surface area (Å²) in [4.78, 5) is 26.0. The van der Waals surface area contributed by atoms with E-state index < -0.39 is 18.1 Å². The average Bonchev–Trinajstić information content (AvgIpc) is 3.09. The van der Waals surface area contributed by atoms with Gasteiger partial charge in [-0.05, 0) is 46.9 Å². The Labute approximate surface area is 174 Å². The molecule has 0 aliphatic carbocycles. The summed E-state index contributed by atoms with van der Waals surface area (Å²) in [7, 11) is 0. The predicted molar refractivity (Wildman–Crippen MR) is 113 cm³/mol. The molecule has 0 aromatic heterocycles. The van der Waals surface area contributed by atoms with Crippen LogP contribution in [0.4, 0.5) is 0 Å². The van der Waals surface area contributed by atoms with Crippen LogP contribution in [0.15, 0.2) is 72.8 Å². The maximum absolute atomic E-state index is 12.8. The van der Waals surface area contributed by atoms with Crippen molar-refractivity contribution in [3.63, 3.8) is 0 Å². The number of amides is 2.